The zero-order chi connectivity index (χ0) is 25.1. The average Bonchev–Trinajstić information content (AvgIpc) is 3.76. The number of rotatable bonds is 5. The van der Waals surface area contributed by atoms with Crippen molar-refractivity contribution in [1.29, 1.82) is 0 Å². The zero-order valence-corrected chi connectivity index (χ0v) is 21.0. The highest BCUT2D eigenvalue weighted by atomic mass is 32.1. The Balaban J connectivity index is 1.43. The molecule has 14 heteroatoms. The van der Waals surface area contributed by atoms with Gasteiger partial charge >= 0.3 is 0 Å². The summed E-state index contributed by atoms with van der Waals surface area (Å²) in [6, 6.07) is 22.3. The topological polar surface area (TPSA) is 122 Å². The Morgan fingerprint density at radius 3 is 2.53 bits per heavy atom. The normalized spacial score (nSPS) is 15.9. The van der Waals surface area contributed by atoms with E-state index in [0.29, 0.717) is 11.5 Å². The van der Waals surface area contributed by atoms with E-state index in [1.54, 1.807) is 47.4 Å². The third-order valence-corrected chi connectivity index (χ3v) is 8.31. The van der Waals surface area contributed by atoms with Crippen LogP contribution in [-0.2, 0) is 0 Å². The number of para-hydroxylation sites is 1. The molecule has 2 aromatic carbocycles. The highest BCUT2D eigenvalue weighted by Crippen LogP contribution is 2.48. The van der Waals surface area contributed by atoms with E-state index in [1.165, 1.54) is 4.70 Å². The van der Waals surface area contributed by atoms with Gasteiger partial charge in [-0.05, 0) is 29.7 Å². The van der Waals surface area contributed by atoms with Crippen LogP contribution >= 0.6 is 22.7 Å². The number of thiazole rings is 1. The number of thiophene rings is 1. The fraction of sp³-hybridized carbons (Fsp3) is 0.0417. The molecule has 38 heavy (non-hydrogen) atoms. The fourth-order valence-electron chi connectivity index (χ4n) is 4.62. The van der Waals surface area contributed by atoms with Crippen LogP contribution in [0.15, 0.2) is 89.9 Å². The summed E-state index contributed by atoms with van der Waals surface area (Å²) in [5.74, 6) is 1.27. The van der Waals surface area contributed by atoms with Crippen LogP contribution in [0.5, 0.6) is 0 Å². The number of hydrazine groups is 3. The van der Waals surface area contributed by atoms with Gasteiger partial charge in [0.05, 0.1) is 22.6 Å². The molecule has 1 atom stereocenters. The molecule has 0 bridgehead atoms. The first-order valence-electron chi connectivity index (χ1n) is 11.6. The van der Waals surface area contributed by atoms with E-state index in [9.17, 15) is 0 Å². The monoisotopic (exact) mass is 539 g/mol. The average molecular weight is 540 g/mol. The molecule has 1 unspecified atom stereocenters. The summed E-state index contributed by atoms with van der Waals surface area (Å²) in [4.78, 5) is 5.03. The van der Waals surface area contributed by atoms with Crippen molar-refractivity contribution in [2.45, 2.75) is 6.17 Å². The Morgan fingerprint density at radius 2 is 1.76 bits per heavy atom. The number of benzene rings is 2. The highest BCUT2D eigenvalue weighted by molar-refractivity contribution is 7.23. The van der Waals surface area contributed by atoms with Gasteiger partial charge < -0.3 is 4.52 Å². The second-order valence-corrected chi connectivity index (χ2v) is 10.5. The van der Waals surface area contributed by atoms with Crippen LogP contribution in [0.4, 0.5) is 21.8 Å². The first-order chi connectivity index (χ1) is 18.8. The van der Waals surface area contributed by atoms with Crippen LogP contribution in [0.3, 0.4) is 0 Å². The number of aromatic nitrogens is 7. The molecule has 1 aliphatic rings. The Bertz CT molecular complexity index is 1640. The first-order valence-corrected chi connectivity index (χ1v) is 13.3. The molecule has 6 heterocycles. The van der Waals surface area contributed by atoms with E-state index in [4.69, 9.17) is 9.51 Å². The van der Waals surface area contributed by atoms with E-state index >= 15 is 0 Å². The summed E-state index contributed by atoms with van der Waals surface area (Å²) in [5.41, 5.74) is 1.59. The van der Waals surface area contributed by atoms with Crippen molar-refractivity contribution in [3.05, 3.63) is 91.1 Å². The minimum atomic E-state index is -0.481. The van der Waals surface area contributed by atoms with Gasteiger partial charge in [-0.1, -0.05) is 46.8 Å². The molecule has 0 aliphatic carbocycles. The van der Waals surface area contributed by atoms with Crippen LogP contribution in [0.2, 0.25) is 0 Å². The summed E-state index contributed by atoms with van der Waals surface area (Å²) in [7, 11) is 0. The van der Waals surface area contributed by atoms with Crippen LogP contribution in [-0.4, -0.2) is 35.7 Å². The standard InChI is InChI=1S/C24H17N11OS2/c1-3-7-18-15(5-1)13-22(37-18)33-23(17-14-26-31-28-17)32(20-9-11-25-29-20)34(21-10-12-36-30-21)35(33)24-27-16-6-2-4-8-19(16)38-24/h1-14,23H,(H,25,29)(H,26,28,31). The lowest BCUT2D eigenvalue weighted by Crippen LogP contribution is -2.49. The Kier molecular flexibility index (Phi) is 4.62. The van der Waals surface area contributed by atoms with Gasteiger partial charge in [0.15, 0.2) is 6.17 Å². The summed E-state index contributed by atoms with van der Waals surface area (Å²) < 4.78 is 7.54. The number of H-pyrrole nitrogens is 2. The van der Waals surface area contributed by atoms with Crippen molar-refractivity contribution in [2.75, 3.05) is 20.3 Å². The summed E-state index contributed by atoms with van der Waals surface area (Å²) in [5, 5.41) is 34.0. The van der Waals surface area contributed by atoms with Crippen molar-refractivity contribution in [2.24, 2.45) is 0 Å². The zero-order valence-electron chi connectivity index (χ0n) is 19.4. The number of nitrogens with one attached hydrogen (secondary N) is 2. The SMILES string of the molecule is c1ccc2sc(N3C(c4cn[nH]n4)N(c4ccn[nH]4)N(c4ccon4)N3c3nc4ccccc4s3)cc2c1. The summed E-state index contributed by atoms with van der Waals surface area (Å²) in [6.07, 6.45) is 4.49. The van der Waals surface area contributed by atoms with Gasteiger partial charge in [0.1, 0.15) is 22.8 Å². The number of aromatic amines is 2. The number of fused-ring (bicyclic) bond motifs is 2. The maximum Gasteiger partial charge on any atom is 0.229 e. The third-order valence-electron chi connectivity index (χ3n) is 6.20. The number of hydrogen-bond acceptors (Lipinski definition) is 12. The second-order valence-electron chi connectivity index (χ2n) is 8.42. The van der Waals surface area contributed by atoms with Crippen molar-refractivity contribution in [1.82, 2.24) is 35.7 Å². The summed E-state index contributed by atoms with van der Waals surface area (Å²) >= 11 is 3.26. The van der Waals surface area contributed by atoms with Gasteiger partial charge in [-0.3, -0.25) is 5.10 Å². The molecule has 5 aromatic heterocycles. The molecule has 0 spiro atoms. The van der Waals surface area contributed by atoms with Crippen molar-refractivity contribution in [3.63, 3.8) is 0 Å². The van der Waals surface area contributed by atoms with Crippen molar-refractivity contribution >= 4 is 64.7 Å². The Morgan fingerprint density at radius 1 is 0.868 bits per heavy atom. The maximum absolute atomic E-state index is 5.31. The molecule has 12 nitrogen and oxygen atoms in total. The predicted molar refractivity (Wildman–Crippen MR) is 146 cm³/mol. The lowest BCUT2D eigenvalue weighted by molar-refractivity contribution is 0.418. The Hall–Kier alpha value is -4.95. The predicted octanol–water partition coefficient (Wildman–Crippen LogP) is 5.12. The number of nitrogens with zero attached hydrogens (tertiary/aromatic N) is 9. The second kappa shape index (κ2) is 8.29. The van der Waals surface area contributed by atoms with Crippen LogP contribution in [0, 0.1) is 0 Å². The van der Waals surface area contributed by atoms with E-state index < -0.39 is 6.17 Å². The summed E-state index contributed by atoms with van der Waals surface area (Å²) in [6.45, 7) is 0. The number of anilines is 4. The van der Waals surface area contributed by atoms with Crippen LogP contribution < -0.4 is 20.3 Å². The molecule has 1 saturated heterocycles. The van der Waals surface area contributed by atoms with Gasteiger partial charge in [-0.2, -0.15) is 20.5 Å². The molecule has 8 rings (SSSR count). The van der Waals surface area contributed by atoms with E-state index in [-0.39, 0.29) is 0 Å². The molecule has 0 radical (unpaired) electrons. The molecule has 0 amide bonds. The van der Waals surface area contributed by atoms with Crippen molar-refractivity contribution < 1.29 is 4.52 Å². The number of hydrogen-bond donors (Lipinski definition) is 2. The minimum Gasteiger partial charge on any atom is -0.362 e. The van der Waals surface area contributed by atoms with Gasteiger partial charge in [0.25, 0.3) is 0 Å². The van der Waals surface area contributed by atoms with Gasteiger partial charge in [-0.15, -0.1) is 21.6 Å². The van der Waals surface area contributed by atoms with Gasteiger partial charge in [0, 0.05) is 16.8 Å². The molecule has 1 fully saturated rings. The lowest BCUT2D eigenvalue weighted by Gasteiger charge is -2.32. The van der Waals surface area contributed by atoms with Crippen molar-refractivity contribution in [3.8, 4) is 0 Å². The first kappa shape index (κ1) is 21.2. The molecular formula is C24H17N11OS2. The molecule has 0 saturated carbocycles. The molecule has 1 aliphatic heterocycles. The van der Waals surface area contributed by atoms with Crippen LogP contribution in [0.25, 0.3) is 20.3 Å². The quantitative estimate of drug-likeness (QED) is 0.305. The van der Waals surface area contributed by atoms with E-state index in [2.05, 4.69) is 60.0 Å². The minimum absolute atomic E-state index is 0.481. The third kappa shape index (κ3) is 3.17. The smallest absolute Gasteiger partial charge is 0.229 e. The lowest BCUT2D eigenvalue weighted by atomic mass is 10.2. The highest BCUT2D eigenvalue weighted by Gasteiger charge is 2.51. The molecule has 2 N–H and O–H groups in total. The van der Waals surface area contributed by atoms with Crippen LogP contribution in [0.1, 0.15) is 11.9 Å². The maximum atomic E-state index is 5.31. The van der Waals surface area contributed by atoms with E-state index in [1.807, 2.05) is 51.6 Å². The van der Waals surface area contributed by atoms with E-state index in [0.717, 1.165) is 31.6 Å². The molecular weight excluding hydrogens is 522 g/mol. The van der Waals surface area contributed by atoms with Gasteiger partial charge in [0.2, 0.25) is 10.9 Å². The van der Waals surface area contributed by atoms with Gasteiger partial charge in [-0.25, -0.2) is 15.0 Å². The molecule has 7 aromatic rings. The molecule has 186 valence electrons. The largest absolute Gasteiger partial charge is 0.362 e. The Labute approximate surface area is 222 Å². The fourth-order valence-corrected chi connectivity index (χ4v) is 6.64.